The second-order valence-corrected chi connectivity index (χ2v) is 8.91. The van der Waals surface area contributed by atoms with Gasteiger partial charge in [-0.3, -0.25) is 0 Å². The highest BCUT2D eigenvalue weighted by Gasteiger charge is 2.70. The van der Waals surface area contributed by atoms with Crippen LogP contribution < -0.4 is 5.32 Å². The summed E-state index contributed by atoms with van der Waals surface area (Å²) in [7, 11) is 1.33. The Morgan fingerprint density at radius 1 is 1.15 bits per heavy atom. The maximum Gasteiger partial charge on any atom is 0.408 e. The van der Waals surface area contributed by atoms with Gasteiger partial charge >= 0.3 is 12.1 Å². The molecule has 0 radical (unpaired) electrons. The zero-order valence-electron chi connectivity index (χ0n) is 16.5. The van der Waals surface area contributed by atoms with Crippen LogP contribution >= 0.6 is 0 Å². The molecule has 3 aliphatic rings. The molecular formula is C21H29NO5. The van der Waals surface area contributed by atoms with Crippen LogP contribution in [0.5, 0.6) is 0 Å². The third kappa shape index (κ3) is 4.61. The molecule has 3 fully saturated rings. The molecule has 1 aromatic carbocycles. The highest BCUT2D eigenvalue weighted by Crippen LogP contribution is 2.71. The van der Waals surface area contributed by atoms with Crippen molar-refractivity contribution in [2.75, 3.05) is 7.11 Å². The number of carbonyl (C=O) groups excluding carboxylic acids is 2. The molecule has 0 aliphatic heterocycles. The summed E-state index contributed by atoms with van der Waals surface area (Å²) in [4.78, 5) is 24.3. The van der Waals surface area contributed by atoms with Gasteiger partial charge in [-0.1, -0.05) is 30.3 Å². The van der Waals surface area contributed by atoms with Gasteiger partial charge in [-0.15, -0.1) is 0 Å². The fourth-order valence-electron chi connectivity index (χ4n) is 4.54. The molecule has 2 bridgehead atoms. The number of hydrogen-bond acceptors (Lipinski definition) is 5. The molecule has 3 saturated carbocycles. The number of nitrogens with one attached hydrogen (secondary N) is 1. The van der Waals surface area contributed by atoms with Gasteiger partial charge in [-0.05, 0) is 57.4 Å². The van der Waals surface area contributed by atoms with Crippen LogP contribution in [0.15, 0.2) is 30.3 Å². The molecule has 6 heteroatoms. The van der Waals surface area contributed by atoms with E-state index in [1.807, 2.05) is 30.3 Å². The van der Waals surface area contributed by atoms with Crippen molar-refractivity contribution in [1.82, 2.24) is 5.32 Å². The summed E-state index contributed by atoms with van der Waals surface area (Å²) < 4.78 is 16.3. The lowest BCUT2D eigenvalue weighted by atomic mass is 9.39. The van der Waals surface area contributed by atoms with Crippen LogP contribution in [0.1, 0.15) is 52.0 Å². The first-order valence-corrected chi connectivity index (χ1v) is 9.40. The summed E-state index contributed by atoms with van der Waals surface area (Å²) in [5, 5.41) is 2.67. The Labute approximate surface area is 160 Å². The number of benzene rings is 1. The van der Waals surface area contributed by atoms with E-state index in [1.54, 1.807) is 0 Å². The predicted octanol–water partition coefficient (Wildman–Crippen LogP) is 3.58. The zero-order chi connectivity index (χ0) is 19.7. The lowest BCUT2D eigenvalue weighted by Crippen LogP contribution is -2.71. The Morgan fingerprint density at radius 2 is 1.78 bits per heavy atom. The molecule has 4 rings (SSSR count). The van der Waals surface area contributed by atoms with Gasteiger partial charge in [0.05, 0.1) is 18.3 Å². The van der Waals surface area contributed by atoms with Gasteiger partial charge in [0.2, 0.25) is 0 Å². The highest BCUT2D eigenvalue weighted by molar-refractivity contribution is 5.81. The fraction of sp³-hybridized carbons (Fsp3) is 0.619. The van der Waals surface area contributed by atoms with E-state index in [4.69, 9.17) is 14.2 Å². The van der Waals surface area contributed by atoms with Gasteiger partial charge < -0.3 is 19.5 Å². The Bertz CT molecular complexity index is 674. The van der Waals surface area contributed by atoms with Crippen molar-refractivity contribution in [2.45, 2.75) is 70.3 Å². The molecule has 0 aromatic heterocycles. The molecule has 3 aliphatic carbocycles. The zero-order valence-corrected chi connectivity index (χ0v) is 16.5. The average molecular weight is 375 g/mol. The number of hydrogen-bond donors (Lipinski definition) is 1. The first-order valence-electron chi connectivity index (χ1n) is 9.40. The van der Waals surface area contributed by atoms with Crippen molar-refractivity contribution in [1.29, 1.82) is 0 Å². The van der Waals surface area contributed by atoms with Crippen molar-refractivity contribution in [3.8, 4) is 0 Å². The molecule has 0 spiro atoms. The minimum Gasteiger partial charge on any atom is -0.467 e. The SMILES string of the molecule is COC(=O)[C@H](CC12CC(OC(C)(C)C)(C1)C2)NC(=O)OCc1ccccc1. The summed E-state index contributed by atoms with van der Waals surface area (Å²) in [5.41, 5.74) is 0.722. The molecule has 27 heavy (non-hydrogen) atoms. The Morgan fingerprint density at radius 3 is 2.33 bits per heavy atom. The third-order valence-corrected chi connectivity index (χ3v) is 5.24. The van der Waals surface area contributed by atoms with Crippen LogP contribution in [-0.2, 0) is 25.6 Å². The maximum atomic E-state index is 12.1. The molecule has 148 valence electrons. The summed E-state index contributed by atoms with van der Waals surface area (Å²) in [6.07, 6.45) is 2.71. The van der Waals surface area contributed by atoms with Crippen LogP contribution in [0.4, 0.5) is 4.79 Å². The standard InChI is InChI=1S/C21H29NO5/c1-19(2,3)27-21-12-20(13-21,14-21)10-16(17(23)25-4)22-18(24)26-11-15-8-6-5-7-9-15/h5-9,16H,10-14H2,1-4H3,(H,22,24)/t16-,20?,21?/m0/s1. The number of methoxy groups -OCH3 is 1. The van der Waals surface area contributed by atoms with E-state index < -0.39 is 18.1 Å². The van der Waals surface area contributed by atoms with Gasteiger partial charge in [0.15, 0.2) is 0 Å². The van der Waals surface area contributed by atoms with Gasteiger partial charge in [-0.25, -0.2) is 9.59 Å². The first kappa shape index (κ1) is 19.7. The minimum absolute atomic E-state index is 0.0489. The van der Waals surface area contributed by atoms with E-state index in [-0.39, 0.29) is 23.2 Å². The molecule has 0 saturated heterocycles. The van der Waals surface area contributed by atoms with E-state index in [2.05, 4.69) is 26.1 Å². The number of esters is 1. The topological polar surface area (TPSA) is 73.9 Å². The molecule has 0 heterocycles. The van der Waals surface area contributed by atoms with E-state index in [9.17, 15) is 9.59 Å². The van der Waals surface area contributed by atoms with E-state index in [0.29, 0.717) is 6.42 Å². The normalized spacial score (nSPS) is 27.0. The van der Waals surface area contributed by atoms with Gasteiger partial charge in [0.25, 0.3) is 0 Å². The van der Waals surface area contributed by atoms with E-state index in [1.165, 1.54) is 7.11 Å². The van der Waals surface area contributed by atoms with Crippen LogP contribution in [0.25, 0.3) is 0 Å². The number of rotatable bonds is 7. The summed E-state index contributed by atoms with van der Waals surface area (Å²) in [6, 6.07) is 8.71. The number of amides is 1. The monoisotopic (exact) mass is 375 g/mol. The third-order valence-electron chi connectivity index (χ3n) is 5.24. The van der Waals surface area contributed by atoms with Crippen LogP contribution in [0, 0.1) is 5.41 Å². The molecule has 6 nitrogen and oxygen atoms in total. The summed E-state index contributed by atoms with van der Waals surface area (Å²) >= 11 is 0. The largest absolute Gasteiger partial charge is 0.467 e. The van der Waals surface area contributed by atoms with Crippen molar-refractivity contribution < 1.29 is 23.8 Å². The number of ether oxygens (including phenoxy) is 3. The molecule has 1 atom stereocenters. The Kier molecular flexibility index (Phi) is 5.21. The van der Waals surface area contributed by atoms with Crippen molar-refractivity contribution >= 4 is 12.1 Å². The predicted molar refractivity (Wildman–Crippen MR) is 100 cm³/mol. The van der Waals surface area contributed by atoms with Gasteiger partial charge in [0, 0.05) is 0 Å². The smallest absolute Gasteiger partial charge is 0.408 e. The molecule has 1 N–H and O–H groups in total. The Balaban J connectivity index is 1.50. The van der Waals surface area contributed by atoms with E-state index in [0.717, 1.165) is 24.8 Å². The number of carbonyl (C=O) groups is 2. The van der Waals surface area contributed by atoms with Crippen LogP contribution in [-0.4, -0.2) is 36.4 Å². The lowest BCUT2D eigenvalue weighted by molar-refractivity contribution is -0.320. The highest BCUT2D eigenvalue weighted by atomic mass is 16.6. The Hall–Kier alpha value is -2.08. The van der Waals surface area contributed by atoms with Gasteiger partial charge in [0.1, 0.15) is 12.6 Å². The maximum absolute atomic E-state index is 12.1. The van der Waals surface area contributed by atoms with Crippen LogP contribution in [0.3, 0.4) is 0 Å². The minimum atomic E-state index is -0.703. The molecular weight excluding hydrogens is 346 g/mol. The molecule has 0 unspecified atom stereocenters. The van der Waals surface area contributed by atoms with Crippen molar-refractivity contribution in [3.63, 3.8) is 0 Å². The second kappa shape index (κ2) is 7.15. The first-order chi connectivity index (χ1) is 12.6. The quantitative estimate of drug-likeness (QED) is 0.738. The summed E-state index contributed by atoms with van der Waals surface area (Å²) in [6.45, 7) is 6.33. The second-order valence-electron chi connectivity index (χ2n) is 8.91. The number of alkyl carbamates (subject to hydrolysis) is 1. The summed E-state index contributed by atoms with van der Waals surface area (Å²) in [5.74, 6) is -0.442. The average Bonchev–Trinajstić information content (AvgIpc) is 2.55. The van der Waals surface area contributed by atoms with Crippen molar-refractivity contribution in [2.24, 2.45) is 5.41 Å². The fourth-order valence-corrected chi connectivity index (χ4v) is 4.54. The molecule has 1 aromatic rings. The van der Waals surface area contributed by atoms with E-state index >= 15 is 0 Å². The van der Waals surface area contributed by atoms with Gasteiger partial charge in [-0.2, -0.15) is 0 Å². The lowest BCUT2D eigenvalue weighted by Gasteiger charge is -2.71. The van der Waals surface area contributed by atoms with Crippen LogP contribution in [0.2, 0.25) is 0 Å². The molecule has 1 amide bonds. The van der Waals surface area contributed by atoms with Crippen molar-refractivity contribution in [3.05, 3.63) is 35.9 Å².